The third kappa shape index (κ3) is 17.6. The molecule has 0 aromatic heterocycles. The maximum Gasteiger partial charge on any atom is 0.348 e. The second-order valence-electron chi connectivity index (χ2n) is 7.50. The van der Waals surface area contributed by atoms with E-state index >= 15 is 0 Å². The Morgan fingerprint density at radius 2 is 1.33 bits per heavy atom. The Kier molecular flexibility index (Phi) is 21.3. The molecule has 0 aliphatic rings. The molecule has 0 unspecified atom stereocenters. The fraction of sp³-hybridized carbons (Fsp3) is 0.357. The predicted molar refractivity (Wildman–Crippen MR) is 147 cm³/mol. The predicted octanol–water partition coefficient (Wildman–Crippen LogP) is 4.68. The van der Waals surface area contributed by atoms with Crippen LogP contribution in [0.1, 0.15) is 26.3 Å². The van der Waals surface area contributed by atoms with E-state index in [1.165, 1.54) is 6.26 Å². The molecule has 0 amide bonds. The molecular weight excluding hydrogens is 518 g/mol. The van der Waals surface area contributed by atoms with E-state index in [1.807, 2.05) is 30.3 Å². The molecule has 0 saturated heterocycles. The molecule has 0 heterocycles. The first-order chi connectivity index (χ1) is 18.6. The lowest BCUT2D eigenvalue weighted by Gasteiger charge is -2.27. The van der Waals surface area contributed by atoms with Gasteiger partial charge in [-0.15, -0.1) is 5.26 Å². The van der Waals surface area contributed by atoms with Gasteiger partial charge in [-0.2, -0.15) is 10.5 Å². The van der Waals surface area contributed by atoms with Gasteiger partial charge in [0.2, 0.25) is 0 Å². The highest BCUT2D eigenvalue weighted by Gasteiger charge is 2.28. The zero-order valence-electron chi connectivity index (χ0n) is 22.7. The molecule has 0 spiro atoms. The van der Waals surface area contributed by atoms with Crippen molar-refractivity contribution in [2.45, 2.75) is 45.3 Å². The van der Waals surface area contributed by atoms with E-state index in [2.05, 4.69) is 45.2 Å². The molecular formula is C28H35N3O7Si. The summed E-state index contributed by atoms with van der Waals surface area (Å²) in [6.45, 7) is 16.9. The normalized spacial score (nSPS) is 9.23. The van der Waals surface area contributed by atoms with Crippen LogP contribution in [0, 0.1) is 34.2 Å². The van der Waals surface area contributed by atoms with Gasteiger partial charge in [0.15, 0.2) is 8.32 Å². The second-order valence-corrected chi connectivity index (χ2v) is 12.3. The first kappa shape index (κ1) is 36.7. The number of rotatable bonds is 13. The van der Waals surface area contributed by atoms with Crippen molar-refractivity contribution in [3.8, 4) is 18.4 Å². The molecule has 208 valence electrons. The summed E-state index contributed by atoms with van der Waals surface area (Å²) in [5.74, 6) is -2.02. The summed E-state index contributed by atoms with van der Waals surface area (Å²) in [5.41, 5.74) is 0.755. The van der Waals surface area contributed by atoms with Crippen LogP contribution < -0.4 is 0 Å². The van der Waals surface area contributed by atoms with Gasteiger partial charge >= 0.3 is 17.9 Å². The summed E-state index contributed by atoms with van der Waals surface area (Å²) in [7, 11) is -1.60. The Morgan fingerprint density at radius 3 is 1.72 bits per heavy atom. The van der Waals surface area contributed by atoms with Gasteiger partial charge in [0.1, 0.15) is 29.9 Å². The lowest BCUT2D eigenvalue weighted by atomic mass is 10.2. The van der Waals surface area contributed by atoms with Crippen molar-refractivity contribution >= 4 is 26.2 Å². The van der Waals surface area contributed by atoms with E-state index in [-0.39, 0.29) is 24.4 Å². The molecule has 1 aromatic rings. The molecule has 0 aliphatic carbocycles. The second kappa shape index (κ2) is 22.7. The molecule has 0 radical (unpaired) electrons. The van der Waals surface area contributed by atoms with E-state index in [0.717, 1.165) is 29.8 Å². The highest BCUT2D eigenvalue weighted by atomic mass is 28.4. The number of hydrogen-bond acceptors (Lipinski definition) is 10. The zero-order chi connectivity index (χ0) is 30.1. The van der Waals surface area contributed by atoms with Crippen LogP contribution in [-0.2, 0) is 39.4 Å². The van der Waals surface area contributed by atoms with Gasteiger partial charge in [-0.05, 0) is 23.7 Å². The van der Waals surface area contributed by atoms with Crippen molar-refractivity contribution in [2.75, 3.05) is 19.8 Å². The quantitative estimate of drug-likeness (QED) is 0.0638. The number of nitriles is 3. The lowest BCUT2D eigenvalue weighted by molar-refractivity contribution is -0.139. The van der Waals surface area contributed by atoms with Crippen LogP contribution in [0.2, 0.25) is 18.1 Å². The maximum atomic E-state index is 11.1. The van der Waals surface area contributed by atoms with Crippen LogP contribution in [0.3, 0.4) is 0 Å². The number of nitrogens with zero attached hydrogens (tertiary/aromatic N) is 3. The van der Waals surface area contributed by atoms with Crippen LogP contribution in [0.4, 0.5) is 0 Å². The molecule has 0 N–H and O–H groups in total. The molecule has 1 aromatic carbocycles. The molecule has 1 rings (SSSR count). The third-order valence-corrected chi connectivity index (χ3v) is 9.88. The Bertz CT molecular complexity index is 1070. The van der Waals surface area contributed by atoms with Gasteiger partial charge in [0.05, 0.1) is 13.2 Å². The number of carbonyl (C=O) groups is 3. The van der Waals surface area contributed by atoms with Crippen molar-refractivity contribution < 1.29 is 33.0 Å². The van der Waals surface area contributed by atoms with Crippen molar-refractivity contribution in [3.05, 3.63) is 72.9 Å². The molecule has 0 fully saturated rings. The number of esters is 3. The number of ether oxygens (including phenoxy) is 3. The topological polar surface area (TPSA) is 160 Å². The van der Waals surface area contributed by atoms with Crippen LogP contribution in [0.25, 0.3) is 0 Å². The highest BCUT2D eigenvalue weighted by molar-refractivity contribution is 6.73. The smallest absolute Gasteiger partial charge is 0.348 e. The molecule has 0 saturated carbocycles. The van der Waals surface area contributed by atoms with E-state index in [0.29, 0.717) is 13.0 Å². The van der Waals surface area contributed by atoms with Gasteiger partial charge in [-0.1, -0.05) is 70.8 Å². The van der Waals surface area contributed by atoms with Gasteiger partial charge in [0.25, 0.3) is 6.26 Å². The minimum atomic E-state index is -1.60. The third-order valence-electron chi connectivity index (χ3n) is 5.20. The number of benzene rings is 1. The fourth-order valence-corrected chi connectivity index (χ4v) is 5.34. The van der Waals surface area contributed by atoms with Crippen LogP contribution in [0.5, 0.6) is 0 Å². The molecule has 10 nitrogen and oxygen atoms in total. The summed E-state index contributed by atoms with van der Waals surface area (Å²) in [6.07, 6.45) is 2.76. The lowest BCUT2D eigenvalue weighted by Crippen LogP contribution is -2.37. The number of carbonyl (C=O) groups excluding carboxylic acids is 3. The summed E-state index contributed by atoms with van der Waals surface area (Å²) >= 11 is 0. The van der Waals surface area contributed by atoms with E-state index < -0.39 is 26.2 Å². The minimum absolute atomic E-state index is 0.164. The van der Waals surface area contributed by atoms with Crippen molar-refractivity contribution in [1.82, 2.24) is 0 Å². The van der Waals surface area contributed by atoms with Crippen LogP contribution in [-0.4, -0.2) is 46.0 Å². The monoisotopic (exact) mass is 553 g/mol. The first-order valence-electron chi connectivity index (χ1n) is 12.0. The Hall–Kier alpha value is -4.50. The molecule has 39 heavy (non-hydrogen) atoms. The fourth-order valence-electron chi connectivity index (χ4n) is 2.71. The Labute approximate surface area is 231 Å². The van der Waals surface area contributed by atoms with E-state index in [1.54, 1.807) is 12.1 Å². The van der Waals surface area contributed by atoms with Gasteiger partial charge in [-0.25, -0.2) is 14.4 Å². The SMILES string of the molecule is C=C(C#N)C(=O)OCCO[Si](CC)(CC)CC.C=C(C#N)C(=O)OCCc1ccccc1.C=CC(=O)OC#N. The molecule has 0 bridgehead atoms. The average molecular weight is 554 g/mol. The van der Waals surface area contributed by atoms with Gasteiger partial charge in [0, 0.05) is 12.5 Å². The summed E-state index contributed by atoms with van der Waals surface area (Å²) < 4.78 is 19.3. The Balaban J connectivity index is 0. The maximum absolute atomic E-state index is 11.1. The van der Waals surface area contributed by atoms with Gasteiger partial charge in [-0.3, -0.25) is 0 Å². The average Bonchev–Trinajstić information content (AvgIpc) is 2.97. The van der Waals surface area contributed by atoms with E-state index in [9.17, 15) is 14.4 Å². The van der Waals surface area contributed by atoms with Crippen LogP contribution in [0.15, 0.2) is 67.3 Å². The van der Waals surface area contributed by atoms with Gasteiger partial charge < -0.3 is 18.6 Å². The molecule has 0 atom stereocenters. The van der Waals surface area contributed by atoms with Crippen LogP contribution >= 0.6 is 0 Å². The Morgan fingerprint density at radius 1 is 0.846 bits per heavy atom. The largest absolute Gasteiger partial charge is 0.461 e. The van der Waals surface area contributed by atoms with Crippen molar-refractivity contribution in [2.24, 2.45) is 0 Å². The molecule has 11 heteroatoms. The summed E-state index contributed by atoms with van der Waals surface area (Å²) in [4.78, 5) is 32.0. The summed E-state index contributed by atoms with van der Waals surface area (Å²) in [5, 5.41) is 24.4. The van der Waals surface area contributed by atoms with Crippen molar-refractivity contribution in [1.29, 1.82) is 15.8 Å². The zero-order valence-corrected chi connectivity index (χ0v) is 23.7. The summed E-state index contributed by atoms with van der Waals surface area (Å²) in [6, 6.07) is 16.2. The van der Waals surface area contributed by atoms with E-state index in [4.69, 9.17) is 29.7 Å². The standard InChI is InChI=1S/C12H21NO3Si.C12H11NO2.C4H3NO2/c1-5-17(6-2,7-3)16-9-8-15-12(14)11(4)10-13;1-10(9-13)12(14)15-8-7-11-5-3-2-4-6-11;1-2-4(6)7-3-5/h4-9H2,1-3H3;2-6H,1,7-8H2;2H,1H2. The molecule has 0 aliphatic heterocycles. The van der Waals surface area contributed by atoms with Crippen molar-refractivity contribution in [3.63, 3.8) is 0 Å². The first-order valence-corrected chi connectivity index (χ1v) is 14.5. The number of hydrogen-bond donors (Lipinski definition) is 0. The highest BCUT2D eigenvalue weighted by Crippen LogP contribution is 2.21. The minimum Gasteiger partial charge on any atom is -0.461 e.